The van der Waals surface area contributed by atoms with Crippen LogP contribution in [0.3, 0.4) is 0 Å². The van der Waals surface area contributed by atoms with Crippen molar-refractivity contribution in [3.8, 4) is 5.75 Å². The van der Waals surface area contributed by atoms with Gasteiger partial charge in [-0.15, -0.1) is 0 Å². The van der Waals surface area contributed by atoms with Crippen molar-refractivity contribution >= 4 is 5.91 Å². The molecule has 96 valence electrons. The molecule has 1 atom stereocenters. The summed E-state index contributed by atoms with van der Waals surface area (Å²) in [5, 5.41) is 6.92. The van der Waals surface area contributed by atoms with Gasteiger partial charge in [0.15, 0.2) is 11.9 Å². The fourth-order valence-corrected chi connectivity index (χ4v) is 1.24. The lowest BCUT2D eigenvalue weighted by molar-refractivity contribution is -0.128. The molecule has 1 amide bonds. The predicted molar refractivity (Wildman–Crippen MR) is 65.8 cm³/mol. The first-order chi connectivity index (χ1) is 7.84. The maximum atomic E-state index is 11.9. The summed E-state index contributed by atoms with van der Waals surface area (Å²) in [7, 11) is 1.80. The number of carbonyl (C=O) groups excluding carboxylic acids is 1. The van der Waals surface area contributed by atoms with E-state index in [2.05, 4.69) is 10.4 Å². The summed E-state index contributed by atoms with van der Waals surface area (Å²) < 4.78 is 7.13. The number of nitrogens with one attached hydrogen (secondary N) is 1. The molecule has 0 aliphatic heterocycles. The van der Waals surface area contributed by atoms with Gasteiger partial charge >= 0.3 is 0 Å². The van der Waals surface area contributed by atoms with Gasteiger partial charge in [-0.05, 0) is 27.2 Å². The number of rotatable bonds is 5. The number of hydrogen-bond donors (Lipinski definition) is 1. The molecule has 0 aliphatic carbocycles. The van der Waals surface area contributed by atoms with Crippen molar-refractivity contribution in [1.29, 1.82) is 0 Å². The molecule has 1 N–H and O–H groups in total. The standard InChI is InChI=1S/C12H21N3O2/c1-6-12(3,4)14-11(16)9(2)17-10-7-13-15(5)8-10/h7-9H,6H2,1-5H3,(H,14,16). The van der Waals surface area contributed by atoms with Crippen molar-refractivity contribution in [3.05, 3.63) is 12.4 Å². The Morgan fingerprint density at radius 1 is 1.65 bits per heavy atom. The summed E-state index contributed by atoms with van der Waals surface area (Å²) in [5.74, 6) is 0.491. The number of ether oxygens (including phenoxy) is 1. The monoisotopic (exact) mass is 239 g/mol. The molecule has 1 unspecified atom stereocenters. The summed E-state index contributed by atoms with van der Waals surface area (Å²) >= 11 is 0. The maximum absolute atomic E-state index is 11.9. The molecular weight excluding hydrogens is 218 g/mol. The van der Waals surface area contributed by atoms with Crippen LogP contribution in [0, 0.1) is 0 Å². The molecule has 0 radical (unpaired) electrons. The smallest absolute Gasteiger partial charge is 0.261 e. The van der Waals surface area contributed by atoms with Crippen LogP contribution in [0.5, 0.6) is 5.75 Å². The number of nitrogens with zero attached hydrogens (tertiary/aromatic N) is 2. The summed E-state index contributed by atoms with van der Waals surface area (Å²) in [6.07, 6.45) is 3.67. The highest BCUT2D eigenvalue weighted by molar-refractivity contribution is 5.81. The van der Waals surface area contributed by atoms with Crippen molar-refractivity contribution in [2.24, 2.45) is 7.05 Å². The Kier molecular flexibility index (Phi) is 4.15. The lowest BCUT2D eigenvalue weighted by Crippen LogP contribution is -2.48. The van der Waals surface area contributed by atoms with Gasteiger partial charge in [0.1, 0.15) is 0 Å². The molecular formula is C12H21N3O2. The first kappa shape index (κ1) is 13.5. The second kappa shape index (κ2) is 5.21. The zero-order valence-electron chi connectivity index (χ0n) is 11.2. The number of aromatic nitrogens is 2. The quantitative estimate of drug-likeness (QED) is 0.847. The molecule has 0 aromatic carbocycles. The minimum atomic E-state index is -0.523. The van der Waals surface area contributed by atoms with Crippen LogP contribution in [0.4, 0.5) is 0 Å². The Hall–Kier alpha value is -1.52. The second-order valence-corrected chi connectivity index (χ2v) is 4.84. The minimum absolute atomic E-state index is 0.110. The van der Waals surface area contributed by atoms with E-state index in [1.54, 1.807) is 31.0 Å². The summed E-state index contributed by atoms with van der Waals surface area (Å²) in [5.41, 5.74) is -0.205. The molecule has 0 fully saturated rings. The molecule has 1 heterocycles. The van der Waals surface area contributed by atoms with E-state index in [0.29, 0.717) is 5.75 Å². The van der Waals surface area contributed by atoms with Crippen LogP contribution in [0.15, 0.2) is 12.4 Å². The Morgan fingerprint density at radius 3 is 2.76 bits per heavy atom. The highest BCUT2D eigenvalue weighted by Crippen LogP contribution is 2.12. The maximum Gasteiger partial charge on any atom is 0.261 e. The summed E-state index contributed by atoms with van der Waals surface area (Å²) in [6.45, 7) is 7.74. The van der Waals surface area contributed by atoms with Crippen LogP contribution in [-0.2, 0) is 11.8 Å². The highest BCUT2D eigenvalue weighted by Gasteiger charge is 2.23. The fraction of sp³-hybridized carbons (Fsp3) is 0.667. The van der Waals surface area contributed by atoms with Crippen molar-refractivity contribution < 1.29 is 9.53 Å². The SMILES string of the molecule is CCC(C)(C)NC(=O)C(C)Oc1cnn(C)c1. The predicted octanol–water partition coefficient (Wildman–Crippen LogP) is 1.49. The number of aryl methyl sites for hydroxylation is 1. The molecule has 0 saturated heterocycles. The van der Waals surface area contributed by atoms with Crippen molar-refractivity contribution in [2.75, 3.05) is 0 Å². The molecule has 1 aromatic rings. The molecule has 1 aromatic heterocycles. The molecule has 0 saturated carbocycles. The van der Waals surface area contributed by atoms with Gasteiger partial charge in [-0.25, -0.2) is 0 Å². The Labute approximate surface area is 102 Å². The molecule has 17 heavy (non-hydrogen) atoms. The first-order valence-electron chi connectivity index (χ1n) is 5.81. The van der Waals surface area contributed by atoms with E-state index in [-0.39, 0.29) is 11.4 Å². The van der Waals surface area contributed by atoms with Gasteiger partial charge in [0.2, 0.25) is 0 Å². The van der Waals surface area contributed by atoms with Crippen LogP contribution >= 0.6 is 0 Å². The highest BCUT2D eigenvalue weighted by atomic mass is 16.5. The van der Waals surface area contributed by atoms with Crippen molar-refractivity contribution in [3.63, 3.8) is 0 Å². The van der Waals surface area contributed by atoms with Gasteiger partial charge in [0, 0.05) is 12.6 Å². The van der Waals surface area contributed by atoms with Crippen LogP contribution in [0.25, 0.3) is 0 Å². The minimum Gasteiger partial charge on any atom is -0.478 e. The van der Waals surface area contributed by atoms with Crippen LogP contribution in [-0.4, -0.2) is 27.3 Å². The van der Waals surface area contributed by atoms with E-state index in [1.807, 2.05) is 20.8 Å². The van der Waals surface area contributed by atoms with Gasteiger partial charge in [0.25, 0.3) is 5.91 Å². The molecule has 5 heteroatoms. The van der Waals surface area contributed by atoms with E-state index < -0.39 is 6.10 Å². The molecule has 0 aliphatic rings. The Bertz CT molecular complexity index is 385. The normalized spacial score (nSPS) is 13.2. The molecule has 0 bridgehead atoms. The first-order valence-corrected chi connectivity index (χ1v) is 5.81. The zero-order valence-corrected chi connectivity index (χ0v) is 11.2. The third-order valence-electron chi connectivity index (χ3n) is 2.71. The van der Waals surface area contributed by atoms with Gasteiger partial charge in [-0.3, -0.25) is 9.48 Å². The van der Waals surface area contributed by atoms with Crippen molar-refractivity contribution in [2.45, 2.75) is 45.8 Å². The van der Waals surface area contributed by atoms with Crippen LogP contribution < -0.4 is 10.1 Å². The fourth-order valence-electron chi connectivity index (χ4n) is 1.24. The van der Waals surface area contributed by atoms with Gasteiger partial charge in [-0.2, -0.15) is 5.10 Å². The van der Waals surface area contributed by atoms with E-state index >= 15 is 0 Å². The lowest BCUT2D eigenvalue weighted by Gasteiger charge is -2.26. The van der Waals surface area contributed by atoms with E-state index in [4.69, 9.17) is 4.74 Å². The zero-order chi connectivity index (χ0) is 13.1. The third kappa shape index (κ3) is 4.09. The number of amides is 1. The Morgan fingerprint density at radius 2 is 2.29 bits per heavy atom. The largest absolute Gasteiger partial charge is 0.478 e. The molecule has 0 spiro atoms. The van der Waals surface area contributed by atoms with E-state index in [1.165, 1.54) is 0 Å². The Balaban J connectivity index is 2.53. The topological polar surface area (TPSA) is 56.1 Å². The summed E-state index contributed by atoms with van der Waals surface area (Å²) in [6, 6.07) is 0. The second-order valence-electron chi connectivity index (χ2n) is 4.84. The van der Waals surface area contributed by atoms with Gasteiger partial charge in [-0.1, -0.05) is 6.92 Å². The van der Waals surface area contributed by atoms with E-state index in [9.17, 15) is 4.79 Å². The third-order valence-corrected chi connectivity index (χ3v) is 2.71. The average molecular weight is 239 g/mol. The number of carbonyl (C=O) groups is 1. The lowest BCUT2D eigenvalue weighted by atomic mass is 10.0. The van der Waals surface area contributed by atoms with Crippen LogP contribution in [0.1, 0.15) is 34.1 Å². The van der Waals surface area contributed by atoms with Crippen molar-refractivity contribution in [1.82, 2.24) is 15.1 Å². The number of hydrogen-bond acceptors (Lipinski definition) is 3. The van der Waals surface area contributed by atoms with Gasteiger partial charge in [0.05, 0.1) is 12.4 Å². The molecule has 1 rings (SSSR count). The van der Waals surface area contributed by atoms with Crippen LogP contribution in [0.2, 0.25) is 0 Å². The average Bonchev–Trinajstić information content (AvgIpc) is 2.63. The summed E-state index contributed by atoms with van der Waals surface area (Å²) in [4.78, 5) is 11.9. The van der Waals surface area contributed by atoms with Gasteiger partial charge < -0.3 is 10.1 Å². The molecule has 5 nitrogen and oxygen atoms in total. The van der Waals surface area contributed by atoms with E-state index in [0.717, 1.165) is 6.42 Å².